The molecule has 0 aromatic heterocycles. The quantitative estimate of drug-likeness (QED) is 0.325. The van der Waals surface area contributed by atoms with E-state index in [4.69, 9.17) is 34.8 Å². The maximum atomic E-state index is 13.9. The minimum absolute atomic E-state index is 0.0330. The highest BCUT2D eigenvalue weighted by atomic mass is 35.5. The lowest BCUT2D eigenvalue weighted by Crippen LogP contribution is -2.51. The van der Waals surface area contributed by atoms with Crippen LogP contribution < -0.4 is 9.62 Å². The summed E-state index contributed by atoms with van der Waals surface area (Å²) < 4.78 is 28.6. The summed E-state index contributed by atoms with van der Waals surface area (Å²) in [5.41, 5.74) is 1.67. The van der Waals surface area contributed by atoms with Gasteiger partial charge in [-0.3, -0.25) is 13.9 Å². The molecule has 0 bridgehead atoms. The van der Waals surface area contributed by atoms with Crippen LogP contribution in [0.2, 0.25) is 15.1 Å². The molecule has 38 heavy (non-hydrogen) atoms. The molecule has 2 amide bonds. The smallest absolute Gasteiger partial charge is 0.264 e. The second-order valence-corrected chi connectivity index (χ2v) is 11.7. The Morgan fingerprint density at radius 2 is 1.50 bits per heavy atom. The molecule has 0 unspecified atom stereocenters. The van der Waals surface area contributed by atoms with Crippen molar-refractivity contribution in [1.82, 2.24) is 10.2 Å². The van der Waals surface area contributed by atoms with E-state index in [1.165, 1.54) is 36.2 Å². The zero-order valence-corrected chi connectivity index (χ0v) is 24.2. The SMILES string of the molecule is CC[C@@H](C(=O)NC)N(Cc1c(Cl)cccc1Cl)C(=O)CN(c1ccc(C)cc1)S(=O)(=O)c1ccc(Cl)cc1. The van der Waals surface area contributed by atoms with Gasteiger partial charge in [-0.2, -0.15) is 0 Å². The van der Waals surface area contributed by atoms with Crippen LogP contribution in [0.25, 0.3) is 0 Å². The van der Waals surface area contributed by atoms with Crippen LogP contribution in [0, 0.1) is 6.92 Å². The number of nitrogens with zero attached hydrogens (tertiary/aromatic N) is 2. The zero-order chi connectivity index (χ0) is 28.0. The molecule has 0 saturated carbocycles. The van der Waals surface area contributed by atoms with Gasteiger partial charge in [-0.15, -0.1) is 0 Å². The fraction of sp³-hybridized carbons (Fsp3) is 0.259. The van der Waals surface area contributed by atoms with E-state index in [0.29, 0.717) is 26.3 Å². The monoisotopic (exact) mass is 595 g/mol. The molecule has 3 aromatic rings. The lowest BCUT2D eigenvalue weighted by Gasteiger charge is -2.33. The Labute approximate surface area is 238 Å². The normalized spacial score (nSPS) is 12.1. The van der Waals surface area contributed by atoms with E-state index < -0.39 is 34.4 Å². The van der Waals surface area contributed by atoms with Crippen molar-refractivity contribution in [2.75, 3.05) is 17.9 Å². The molecule has 1 atom stereocenters. The first-order chi connectivity index (χ1) is 18.0. The number of likely N-dealkylation sites (N-methyl/N-ethyl adjacent to an activating group) is 1. The van der Waals surface area contributed by atoms with E-state index in [1.54, 1.807) is 49.4 Å². The Kier molecular flexibility index (Phi) is 10.1. The van der Waals surface area contributed by atoms with Crippen LogP contribution in [0.3, 0.4) is 0 Å². The number of hydrogen-bond donors (Lipinski definition) is 1. The summed E-state index contributed by atoms with van der Waals surface area (Å²) in [5, 5.41) is 3.60. The summed E-state index contributed by atoms with van der Waals surface area (Å²) >= 11 is 18.7. The lowest BCUT2D eigenvalue weighted by molar-refractivity contribution is -0.140. The molecule has 3 rings (SSSR count). The summed E-state index contributed by atoms with van der Waals surface area (Å²) in [6.45, 7) is 2.98. The van der Waals surface area contributed by atoms with Crippen molar-refractivity contribution in [2.45, 2.75) is 37.8 Å². The Morgan fingerprint density at radius 1 is 0.921 bits per heavy atom. The van der Waals surface area contributed by atoms with E-state index in [9.17, 15) is 18.0 Å². The maximum Gasteiger partial charge on any atom is 0.264 e. The van der Waals surface area contributed by atoms with Crippen molar-refractivity contribution < 1.29 is 18.0 Å². The first kappa shape index (κ1) is 29.8. The molecule has 1 N–H and O–H groups in total. The Morgan fingerprint density at radius 3 is 2.03 bits per heavy atom. The number of nitrogens with one attached hydrogen (secondary N) is 1. The summed E-state index contributed by atoms with van der Waals surface area (Å²) in [6.07, 6.45) is 0.280. The molecule has 0 heterocycles. The predicted molar refractivity (Wildman–Crippen MR) is 152 cm³/mol. The molecule has 7 nitrogen and oxygen atoms in total. The number of sulfonamides is 1. The fourth-order valence-electron chi connectivity index (χ4n) is 3.91. The summed E-state index contributed by atoms with van der Waals surface area (Å²) in [5.74, 6) is -0.999. The number of anilines is 1. The molecule has 202 valence electrons. The van der Waals surface area contributed by atoms with Crippen molar-refractivity contribution in [2.24, 2.45) is 0 Å². The number of amides is 2. The number of halogens is 3. The number of rotatable bonds is 10. The minimum Gasteiger partial charge on any atom is -0.357 e. The second kappa shape index (κ2) is 12.8. The van der Waals surface area contributed by atoms with Crippen molar-refractivity contribution in [3.63, 3.8) is 0 Å². The minimum atomic E-state index is -4.19. The van der Waals surface area contributed by atoms with Gasteiger partial charge < -0.3 is 10.2 Å². The van der Waals surface area contributed by atoms with Crippen LogP contribution >= 0.6 is 34.8 Å². The summed E-state index contributed by atoms with van der Waals surface area (Å²) in [4.78, 5) is 28.0. The third-order valence-corrected chi connectivity index (χ3v) is 8.77. The average molecular weight is 597 g/mol. The van der Waals surface area contributed by atoms with Gasteiger partial charge in [0, 0.05) is 34.2 Å². The first-order valence-electron chi connectivity index (χ1n) is 11.8. The molecular formula is C27H28Cl3N3O4S. The van der Waals surface area contributed by atoms with Crippen LogP contribution in [0.5, 0.6) is 0 Å². The topological polar surface area (TPSA) is 86.8 Å². The largest absolute Gasteiger partial charge is 0.357 e. The van der Waals surface area contributed by atoms with Crippen LogP contribution in [0.1, 0.15) is 24.5 Å². The molecular weight excluding hydrogens is 569 g/mol. The van der Waals surface area contributed by atoms with Crippen molar-refractivity contribution in [1.29, 1.82) is 0 Å². The maximum absolute atomic E-state index is 13.9. The molecule has 0 saturated heterocycles. The highest BCUT2D eigenvalue weighted by Gasteiger charge is 2.34. The molecule has 0 aliphatic carbocycles. The van der Waals surface area contributed by atoms with Gasteiger partial charge in [-0.1, -0.05) is 65.5 Å². The average Bonchev–Trinajstić information content (AvgIpc) is 2.89. The van der Waals surface area contributed by atoms with Gasteiger partial charge in [-0.25, -0.2) is 8.42 Å². The van der Waals surface area contributed by atoms with Gasteiger partial charge in [0.1, 0.15) is 12.6 Å². The summed E-state index contributed by atoms with van der Waals surface area (Å²) in [6, 6.07) is 16.5. The van der Waals surface area contributed by atoms with Gasteiger partial charge in [-0.05, 0) is 61.9 Å². The van der Waals surface area contributed by atoms with Crippen molar-refractivity contribution in [3.8, 4) is 0 Å². The van der Waals surface area contributed by atoms with Crippen LogP contribution in [-0.2, 0) is 26.2 Å². The Bertz CT molecular complexity index is 1380. The Balaban J connectivity index is 2.09. The van der Waals surface area contributed by atoms with Crippen molar-refractivity contribution in [3.05, 3.63) is 92.9 Å². The fourth-order valence-corrected chi connectivity index (χ4v) is 5.97. The zero-order valence-electron chi connectivity index (χ0n) is 21.1. The summed E-state index contributed by atoms with van der Waals surface area (Å²) in [7, 11) is -2.71. The van der Waals surface area contributed by atoms with Crippen molar-refractivity contribution >= 4 is 62.3 Å². The van der Waals surface area contributed by atoms with Gasteiger partial charge >= 0.3 is 0 Å². The van der Waals surface area contributed by atoms with E-state index in [0.717, 1.165) is 9.87 Å². The third-order valence-electron chi connectivity index (χ3n) is 6.02. The molecule has 0 aliphatic rings. The van der Waals surface area contributed by atoms with E-state index in [1.807, 2.05) is 6.92 Å². The van der Waals surface area contributed by atoms with Crippen LogP contribution in [0.15, 0.2) is 71.6 Å². The van der Waals surface area contributed by atoms with Crippen LogP contribution in [-0.4, -0.2) is 44.8 Å². The molecule has 0 aliphatic heterocycles. The number of aryl methyl sites for hydroxylation is 1. The third kappa shape index (κ3) is 6.80. The van der Waals surface area contributed by atoms with E-state index in [-0.39, 0.29) is 17.9 Å². The lowest BCUT2D eigenvalue weighted by atomic mass is 10.1. The number of benzene rings is 3. The standard InChI is InChI=1S/C27H28Cl3N3O4S/c1-4-25(27(35)31-3)32(16-22-23(29)6-5-7-24(22)30)26(34)17-33(20-12-8-18(2)9-13-20)38(36,37)21-14-10-19(28)11-15-21/h5-15,25H,4,16-17H2,1-3H3,(H,31,35)/t25-/m0/s1. The number of carbonyl (C=O) groups is 2. The van der Waals surface area contributed by atoms with Gasteiger partial charge in [0.2, 0.25) is 11.8 Å². The predicted octanol–water partition coefficient (Wildman–Crippen LogP) is 5.70. The highest BCUT2D eigenvalue weighted by molar-refractivity contribution is 7.92. The molecule has 11 heteroatoms. The molecule has 0 fully saturated rings. The molecule has 0 spiro atoms. The highest BCUT2D eigenvalue weighted by Crippen LogP contribution is 2.29. The first-order valence-corrected chi connectivity index (χ1v) is 14.4. The molecule has 0 radical (unpaired) electrons. The van der Waals surface area contributed by atoms with E-state index >= 15 is 0 Å². The van der Waals surface area contributed by atoms with Gasteiger partial charge in [0.15, 0.2) is 0 Å². The van der Waals surface area contributed by atoms with Gasteiger partial charge in [0.25, 0.3) is 10.0 Å². The number of hydrogen-bond acceptors (Lipinski definition) is 4. The van der Waals surface area contributed by atoms with Crippen LogP contribution in [0.4, 0.5) is 5.69 Å². The molecule has 3 aromatic carbocycles. The number of carbonyl (C=O) groups excluding carboxylic acids is 2. The van der Waals surface area contributed by atoms with Gasteiger partial charge in [0.05, 0.1) is 10.6 Å². The van der Waals surface area contributed by atoms with E-state index in [2.05, 4.69) is 5.32 Å². The second-order valence-electron chi connectivity index (χ2n) is 8.56. The Hall–Kier alpha value is -2.78.